The van der Waals surface area contributed by atoms with Gasteiger partial charge in [-0.1, -0.05) is 11.8 Å². The van der Waals surface area contributed by atoms with Crippen LogP contribution in [0.1, 0.15) is 12.8 Å². The fourth-order valence-electron chi connectivity index (χ4n) is 3.08. The van der Waals surface area contributed by atoms with Crippen LogP contribution >= 0.6 is 0 Å². The molecular weight excluding hydrogens is 308 g/mol. The number of aromatic nitrogens is 5. The second kappa shape index (κ2) is 5.93. The Morgan fingerprint density at radius 1 is 1.33 bits per heavy atom. The molecular formula is C15H18N8O. The summed E-state index contributed by atoms with van der Waals surface area (Å²) in [6.45, 7) is 5.12. The molecule has 1 atom stereocenters. The molecule has 1 saturated heterocycles. The van der Waals surface area contributed by atoms with Crippen LogP contribution in [0.5, 0.6) is 0 Å². The van der Waals surface area contributed by atoms with Crippen molar-refractivity contribution < 1.29 is 5.11 Å². The quantitative estimate of drug-likeness (QED) is 0.832. The summed E-state index contributed by atoms with van der Waals surface area (Å²) in [5.41, 5.74) is 4.64. The molecule has 4 heterocycles. The lowest BCUT2D eigenvalue weighted by Gasteiger charge is -2.25. The van der Waals surface area contributed by atoms with Crippen LogP contribution in [0.15, 0.2) is 43.3 Å². The van der Waals surface area contributed by atoms with Gasteiger partial charge in [-0.3, -0.25) is 5.43 Å². The van der Waals surface area contributed by atoms with Gasteiger partial charge < -0.3 is 10.0 Å². The van der Waals surface area contributed by atoms with E-state index in [-0.39, 0.29) is 12.6 Å². The molecule has 0 aromatic carbocycles. The zero-order valence-corrected chi connectivity index (χ0v) is 13.1. The van der Waals surface area contributed by atoms with Crippen molar-refractivity contribution in [2.24, 2.45) is 0 Å². The van der Waals surface area contributed by atoms with Crippen LogP contribution in [0.2, 0.25) is 0 Å². The first-order valence-corrected chi connectivity index (χ1v) is 7.80. The zero-order valence-electron chi connectivity index (χ0n) is 13.1. The number of aliphatic hydroxyl groups excluding tert-OH is 1. The lowest BCUT2D eigenvalue weighted by molar-refractivity contribution is 0.266. The highest BCUT2D eigenvalue weighted by Crippen LogP contribution is 2.29. The molecule has 9 nitrogen and oxygen atoms in total. The van der Waals surface area contributed by atoms with E-state index in [9.17, 15) is 5.11 Å². The van der Waals surface area contributed by atoms with Crippen LogP contribution in [0.25, 0.3) is 5.70 Å². The molecule has 0 saturated carbocycles. The van der Waals surface area contributed by atoms with Crippen molar-refractivity contribution >= 4 is 17.3 Å². The molecule has 0 amide bonds. The van der Waals surface area contributed by atoms with Gasteiger partial charge in [-0.25, -0.2) is 19.7 Å². The SMILES string of the molecule is C=C1C(n2ccnn2)=CNN1c1cc(N2CCC[C@@H]2CO)ncn1. The van der Waals surface area contributed by atoms with Crippen molar-refractivity contribution in [2.45, 2.75) is 18.9 Å². The maximum Gasteiger partial charge on any atom is 0.157 e. The molecule has 2 N–H and O–H groups in total. The summed E-state index contributed by atoms with van der Waals surface area (Å²) >= 11 is 0. The number of hydrogen-bond donors (Lipinski definition) is 2. The Balaban J connectivity index is 1.58. The van der Waals surface area contributed by atoms with Crippen molar-refractivity contribution in [3.8, 4) is 0 Å². The van der Waals surface area contributed by atoms with Crippen molar-refractivity contribution in [3.05, 3.63) is 43.3 Å². The predicted molar refractivity (Wildman–Crippen MR) is 88.5 cm³/mol. The lowest BCUT2D eigenvalue weighted by atomic mass is 10.2. The van der Waals surface area contributed by atoms with Gasteiger partial charge >= 0.3 is 0 Å². The number of nitrogens with zero attached hydrogens (tertiary/aromatic N) is 7. The summed E-state index contributed by atoms with van der Waals surface area (Å²) in [6.07, 6.45) is 8.72. The van der Waals surface area contributed by atoms with Gasteiger partial charge in [-0.05, 0) is 12.8 Å². The lowest BCUT2D eigenvalue weighted by Crippen LogP contribution is -2.34. The van der Waals surface area contributed by atoms with E-state index in [0.29, 0.717) is 11.5 Å². The average Bonchev–Trinajstić information content (AvgIpc) is 3.35. The third kappa shape index (κ3) is 2.38. The van der Waals surface area contributed by atoms with Crippen molar-refractivity contribution in [3.63, 3.8) is 0 Å². The van der Waals surface area contributed by atoms with Gasteiger partial charge in [0.05, 0.1) is 30.7 Å². The van der Waals surface area contributed by atoms with Gasteiger partial charge in [-0.15, -0.1) is 5.10 Å². The fourth-order valence-corrected chi connectivity index (χ4v) is 3.08. The first kappa shape index (κ1) is 14.6. The Kier molecular flexibility index (Phi) is 3.62. The maximum absolute atomic E-state index is 9.52. The van der Waals surface area contributed by atoms with E-state index in [4.69, 9.17) is 0 Å². The Hall–Kier alpha value is -2.94. The highest BCUT2D eigenvalue weighted by Gasteiger charge is 2.27. The van der Waals surface area contributed by atoms with E-state index in [1.54, 1.807) is 28.3 Å². The normalized spacial score (nSPS) is 20.5. The van der Waals surface area contributed by atoms with E-state index in [2.05, 4.69) is 37.2 Å². The molecule has 24 heavy (non-hydrogen) atoms. The minimum absolute atomic E-state index is 0.117. The second-order valence-corrected chi connectivity index (χ2v) is 5.69. The largest absolute Gasteiger partial charge is 0.394 e. The standard InChI is InChI=1S/C15H18N8O/c1-11-13(22-6-4-18-20-22)8-19-23(11)15-7-14(16-10-17-15)21-5-2-3-12(21)9-24/h4,6-8,10,12,19,24H,1-3,5,9H2/t12-/m1/s1. The third-order valence-electron chi connectivity index (χ3n) is 4.31. The Morgan fingerprint density at radius 3 is 3.00 bits per heavy atom. The number of anilines is 2. The molecule has 2 aliphatic heterocycles. The molecule has 4 rings (SSSR count). The number of nitrogens with one attached hydrogen (secondary N) is 1. The summed E-state index contributed by atoms with van der Waals surface area (Å²) < 4.78 is 1.64. The highest BCUT2D eigenvalue weighted by molar-refractivity contribution is 5.74. The Bertz CT molecular complexity index is 772. The summed E-state index contributed by atoms with van der Waals surface area (Å²) in [6, 6.07) is 2.01. The zero-order chi connectivity index (χ0) is 16.5. The van der Waals surface area contributed by atoms with Gasteiger partial charge in [0.15, 0.2) is 5.82 Å². The minimum Gasteiger partial charge on any atom is -0.394 e. The van der Waals surface area contributed by atoms with Crippen LogP contribution in [-0.4, -0.2) is 49.3 Å². The molecule has 2 aromatic rings. The van der Waals surface area contributed by atoms with Crippen molar-refractivity contribution in [2.75, 3.05) is 23.1 Å². The molecule has 0 spiro atoms. The van der Waals surface area contributed by atoms with Gasteiger partial charge in [0.1, 0.15) is 17.8 Å². The smallest absolute Gasteiger partial charge is 0.157 e. The molecule has 2 aromatic heterocycles. The van der Waals surface area contributed by atoms with Gasteiger partial charge in [0, 0.05) is 18.8 Å². The number of hydrogen-bond acceptors (Lipinski definition) is 8. The topological polar surface area (TPSA) is 95.2 Å². The van der Waals surface area contributed by atoms with E-state index in [0.717, 1.165) is 30.9 Å². The van der Waals surface area contributed by atoms with Crippen molar-refractivity contribution in [1.29, 1.82) is 0 Å². The Labute approximate surface area is 138 Å². The molecule has 9 heteroatoms. The van der Waals surface area contributed by atoms with Crippen LogP contribution in [-0.2, 0) is 0 Å². The highest BCUT2D eigenvalue weighted by atomic mass is 16.3. The van der Waals surface area contributed by atoms with E-state index in [1.807, 2.05) is 6.07 Å². The second-order valence-electron chi connectivity index (χ2n) is 5.69. The number of hydrazine groups is 1. The van der Waals surface area contributed by atoms with Gasteiger partial charge in [0.2, 0.25) is 0 Å². The summed E-state index contributed by atoms with van der Waals surface area (Å²) in [5, 5.41) is 19.1. The van der Waals surface area contributed by atoms with E-state index in [1.165, 1.54) is 6.33 Å². The van der Waals surface area contributed by atoms with Crippen molar-refractivity contribution in [1.82, 2.24) is 30.4 Å². The molecule has 2 aliphatic rings. The Morgan fingerprint density at radius 2 is 2.21 bits per heavy atom. The number of allylic oxidation sites excluding steroid dienone is 1. The number of rotatable bonds is 4. The molecule has 0 bridgehead atoms. The van der Waals surface area contributed by atoms with Crippen LogP contribution < -0.4 is 15.3 Å². The van der Waals surface area contributed by atoms with Gasteiger partial charge in [-0.2, -0.15) is 0 Å². The molecule has 124 valence electrons. The van der Waals surface area contributed by atoms with E-state index < -0.39 is 0 Å². The first-order chi connectivity index (χ1) is 11.8. The molecule has 1 fully saturated rings. The maximum atomic E-state index is 9.52. The molecule has 0 radical (unpaired) electrons. The van der Waals surface area contributed by atoms with Crippen LogP contribution in [0, 0.1) is 0 Å². The predicted octanol–water partition coefficient (Wildman–Crippen LogP) is 0.366. The average molecular weight is 326 g/mol. The summed E-state index contributed by atoms with van der Waals surface area (Å²) in [4.78, 5) is 10.8. The monoisotopic (exact) mass is 326 g/mol. The first-order valence-electron chi connectivity index (χ1n) is 7.80. The third-order valence-corrected chi connectivity index (χ3v) is 4.31. The molecule has 0 aliphatic carbocycles. The molecule has 0 unspecified atom stereocenters. The van der Waals surface area contributed by atoms with Gasteiger partial charge in [0.25, 0.3) is 0 Å². The fraction of sp³-hybridized carbons (Fsp3) is 0.333. The number of aliphatic hydroxyl groups is 1. The van der Waals surface area contributed by atoms with Crippen LogP contribution in [0.3, 0.4) is 0 Å². The minimum atomic E-state index is 0.117. The summed E-state index contributed by atoms with van der Waals surface area (Å²) in [5.74, 6) is 1.49. The van der Waals surface area contributed by atoms with E-state index >= 15 is 0 Å². The summed E-state index contributed by atoms with van der Waals surface area (Å²) in [7, 11) is 0. The van der Waals surface area contributed by atoms with Crippen LogP contribution in [0.4, 0.5) is 11.6 Å².